The molecule has 0 radical (unpaired) electrons. The minimum absolute atomic E-state index is 0.353. The summed E-state index contributed by atoms with van der Waals surface area (Å²) in [6.07, 6.45) is 4.35. The molecule has 1 fully saturated rings. The van der Waals surface area contributed by atoms with Crippen LogP contribution >= 0.6 is 11.8 Å². The summed E-state index contributed by atoms with van der Waals surface area (Å²) in [5.74, 6) is 0. The Hall–Kier alpha value is -2.22. The van der Waals surface area contributed by atoms with E-state index in [1.807, 2.05) is 12.3 Å². The van der Waals surface area contributed by atoms with Crippen LogP contribution in [-0.2, 0) is 6.54 Å². The molecule has 0 saturated carbocycles. The Morgan fingerprint density at radius 3 is 2.93 bits per heavy atom. The van der Waals surface area contributed by atoms with E-state index in [-0.39, 0.29) is 0 Å². The van der Waals surface area contributed by atoms with Gasteiger partial charge in [0.1, 0.15) is 0 Å². The minimum atomic E-state index is 0.353. The van der Waals surface area contributed by atoms with Crippen molar-refractivity contribution in [1.29, 1.82) is 0 Å². The van der Waals surface area contributed by atoms with Gasteiger partial charge in [-0.2, -0.15) is 4.68 Å². The van der Waals surface area contributed by atoms with E-state index in [0.717, 1.165) is 23.9 Å². The molecule has 140 valence electrons. The largest absolute Gasteiger partial charge is 0.309 e. The highest BCUT2D eigenvalue weighted by atomic mass is 32.2. The lowest BCUT2D eigenvalue weighted by Crippen LogP contribution is -2.45. The maximum absolute atomic E-state index is 4.10. The van der Waals surface area contributed by atoms with Gasteiger partial charge in [0, 0.05) is 18.6 Å². The van der Waals surface area contributed by atoms with Crippen molar-refractivity contribution in [2.24, 2.45) is 0 Å². The van der Waals surface area contributed by atoms with E-state index in [1.165, 1.54) is 35.7 Å². The summed E-state index contributed by atoms with van der Waals surface area (Å²) in [6.45, 7) is 1.89. The van der Waals surface area contributed by atoms with Crippen LogP contribution in [0.2, 0.25) is 0 Å². The van der Waals surface area contributed by atoms with Gasteiger partial charge >= 0.3 is 0 Å². The van der Waals surface area contributed by atoms with Gasteiger partial charge in [-0.1, -0.05) is 54.2 Å². The van der Waals surface area contributed by atoms with Gasteiger partial charge in [0.15, 0.2) is 0 Å². The number of piperidine rings is 1. The highest BCUT2D eigenvalue weighted by Crippen LogP contribution is 2.24. The quantitative estimate of drug-likeness (QED) is 0.641. The lowest BCUT2D eigenvalue weighted by molar-refractivity contribution is 0.304. The smallest absolute Gasteiger partial charge is 0.213 e. The molecule has 0 aliphatic carbocycles. The number of nitrogens with zero attached hydrogens (tertiary/aromatic N) is 4. The number of aromatic nitrogens is 4. The molecular weight excluding hydrogens is 356 g/mol. The first-order valence-corrected chi connectivity index (χ1v) is 10.5. The standard InChI is InChI=1S/C20H24N6S/c1-27-20-23-24-25-26(20)17-10-5-7-15(13-17)14-22-18-11-6-12-21-19(18)16-8-3-2-4-9-16/h2-5,7-10,13,18-19,21-22H,6,11-12,14H2,1H3/t18-,19-/m0/s1. The van der Waals surface area contributed by atoms with Gasteiger partial charge < -0.3 is 10.6 Å². The number of rotatable bonds is 6. The maximum atomic E-state index is 4.10. The van der Waals surface area contributed by atoms with E-state index in [0.29, 0.717) is 12.1 Å². The van der Waals surface area contributed by atoms with Gasteiger partial charge in [-0.3, -0.25) is 0 Å². The van der Waals surface area contributed by atoms with E-state index in [2.05, 4.69) is 74.7 Å². The molecule has 1 saturated heterocycles. The Balaban J connectivity index is 1.47. The summed E-state index contributed by atoms with van der Waals surface area (Å²) in [5.41, 5.74) is 3.57. The van der Waals surface area contributed by atoms with Crippen molar-refractivity contribution < 1.29 is 0 Å². The Morgan fingerprint density at radius 1 is 1.19 bits per heavy atom. The summed E-state index contributed by atoms with van der Waals surface area (Å²) in [4.78, 5) is 0. The fourth-order valence-corrected chi connectivity index (χ4v) is 4.07. The molecule has 2 heterocycles. The molecule has 7 heteroatoms. The van der Waals surface area contributed by atoms with Gasteiger partial charge in [0.2, 0.25) is 5.16 Å². The van der Waals surface area contributed by atoms with E-state index in [9.17, 15) is 0 Å². The van der Waals surface area contributed by atoms with Crippen molar-refractivity contribution >= 4 is 11.8 Å². The van der Waals surface area contributed by atoms with Crippen molar-refractivity contribution in [2.45, 2.75) is 36.6 Å². The molecule has 3 aromatic rings. The number of benzene rings is 2. The Morgan fingerprint density at radius 2 is 2.07 bits per heavy atom. The van der Waals surface area contributed by atoms with Crippen LogP contribution in [0.3, 0.4) is 0 Å². The summed E-state index contributed by atoms with van der Waals surface area (Å²) in [5, 5.41) is 20.2. The third-order valence-corrected chi connectivity index (χ3v) is 5.58. The van der Waals surface area contributed by atoms with Gasteiger partial charge in [-0.25, -0.2) is 0 Å². The molecule has 1 aliphatic rings. The molecular formula is C20H24N6S. The van der Waals surface area contributed by atoms with E-state index >= 15 is 0 Å². The fraction of sp³-hybridized carbons (Fsp3) is 0.350. The predicted octanol–water partition coefficient (Wildman–Crippen LogP) is 2.97. The molecule has 2 aromatic carbocycles. The molecule has 0 bridgehead atoms. The van der Waals surface area contributed by atoms with E-state index in [4.69, 9.17) is 0 Å². The normalized spacial score (nSPS) is 19.9. The molecule has 0 amide bonds. The Kier molecular flexibility index (Phi) is 5.81. The highest BCUT2D eigenvalue weighted by Gasteiger charge is 2.25. The first-order chi connectivity index (χ1) is 13.3. The van der Waals surface area contributed by atoms with Crippen LogP contribution in [0.1, 0.15) is 30.0 Å². The van der Waals surface area contributed by atoms with Crippen LogP contribution in [0.5, 0.6) is 0 Å². The van der Waals surface area contributed by atoms with Crippen LogP contribution in [0.4, 0.5) is 0 Å². The summed E-state index contributed by atoms with van der Waals surface area (Å²) in [7, 11) is 0. The lowest BCUT2D eigenvalue weighted by Gasteiger charge is -2.34. The molecule has 0 spiro atoms. The molecule has 6 nitrogen and oxygen atoms in total. The van der Waals surface area contributed by atoms with Crippen LogP contribution in [0.25, 0.3) is 5.69 Å². The number of nitrogens with one attached hydrogen (secondary N) is 2. The second-order valence-electron chi connectivity index (χ2n) is 6.72. The second-order valence-corrected chi connectivity index (χ2v) is 7.49. The number of tetrazole rings is 1. The summed E-state index contributed by atoms with van der Waals surface area (Å²) in [6, 6.07) is 19.9. The van der Waals surface area contributed by atoms with Gasteiger partial charge in [0.25, 0.3) is 0 Å². The molecule has 2 atom stereocenters. The maximum Gasteiger partial charge on any atom is 0.213 e. The minimum Gasteiger partial charge on any atom is -0.309 e. The Bertz CT molecular complexity index is 866. The van der Waals surface area contributed by atoms with Crippen LogP contribution in [0, 0.1) is 0 Å². The number of thioether (sulfide) groups is 1. The van der Waals surface area contributed by atoms with E-state index < -0.39 is 0 Å². The third kappa shape index (κ3) is 4.21. The second kappa shape index (κ2) is 8.65. The molecule has 0 unspecified atom stereocenters. The molecule has 4 rings (SSSR count). The molecule has 1 aromatic heterocycles. The van der Waals surface area contributed by atoms with Gasteiger partial charge in [-0.15, -0.1) is 5.10 Å². The zero-order valence-corrected chi connectivity index (χ0v) is 16.2. The predicted molar refractivity (Wildman–Crippen MR) is 108 cm³/mol. The van der Waals surface area contributed by atoms with Gasteiger partial charge in [-0.05, 0) is 59.3 Å². The van der Waals surface area contributed by atoms with Crippen molar-refractivity contribution in [3.05, 3.63) is 65.7 Å². The Labute approximate surface area is 163 Å². The zero-order chi connectivity index (χ0) is 18.5. The van der Waals surface area contributed by atoms with Crippen LogP contribution in [0.15, 0.2) is 59.8 Å². The van der Waals surface area contributed by atoms with E-state index in [1.54, 1.807) is 4.68 Å². The molecule has 1 aliphatic heterocycles. The van der Waals surface area contributed by atoms with Gasteiger partial charge in [0.05, 0.1) is 5.69 Å². The van der Waals surface area contributed by atoms with Crippen molar-refractivity contribution in [3.8, 4) is 5.69 Å². The first kappa shape index (κ1) is 18.2. The fourth-order valence-electron chi connectivity index (χ4n) is 3.63. The zero-order valence-electron chi connectivity index (χ0n) is 15.4. The topological polar surface area (TPSA) is 67.7 Å². The van der Waals surface area contributed by atoms with Crippen molar-refractivity contribution in [2.75, 3.05) is 12.8 Å². The van der Waals surface area contributed by atoms with Crippen LogP contribution < -0.4 is 10.6 Å². The summed E-state index contributed by atoms with van der Waals surface area (Å²) < 4.78 is 1.78. The summed E-state index contributed by atoms with van der Waals surface area (Å²) >= 11 is 1.54. The monoisotopic (exact) mass is 380 g/mol. The average molecular weight is 381 g/mol. The third-order valence-electron chi connectivity index (χ3n) is 4.96. The lowest BCUT2D eigenvalue weighted by atomic mass is 9.92. The van der Waals surface area contributed by atoms with Crippen molar-refractivity contribution in [1.82, 2.24) is 30.8 Å². The SMILES string of the molecule is CSc1nnnn1-c1cccc(CN[C@H]2CCCN[C@H]2c2ccccc2)c1. The number of hydrogen-bond acceptors (Lipinski definition) is 6. The average Bonchev–Trinajstić information content (AvgIpc) is 3.22. The first-order valence-electron chi connectivity index (χ1n) is 9.28. The molecule has 27 heavy (non-hydrogen) atoms. The van der Waals surface area contributed by atoms with Crippen LogP contribution in [-0.4, -0.2) is 39.0 Å². The number of hydrogen-bond donors (Lipinski definition) is 2. The highest BCUT2D eigenvalue weighted by molar-refractivity contribution is 7.98. The van der Waals surface area contributed by atoms with Crippen molar-refractivity contribution in [3.63, 3.8) is 0 Å². The molecule has 2 N–H and O–H groups in total.